The summed E-state index contributed by atoms with van der Waals surface area (Å²) in [5.74, 6) is 1.32. The summed E-state index contributed by atoms with van der Waals surface area (Å²) in [7, 11) is 0. The number of carbonyl (C=O) groups is 1. The third-order valence-electron chi connectivity index (χ3n) is 5.27. The number of amides is 1. The van der Waals surface area contributed by atoms with Crippen molar-refractivity contribution in [3.05, 3.63) is 65.8 Å². The first-order chi connectivity index (χ1) is 15.0. The highest BCUT2D eigenvalue weighted by Gasteiger charge is 2.28. The summed E-state index contributed by atoms with van der Waals surface area (Å²) in [6.07, 6.45) is 2.14. The van der Waals surface area contributed by atoms with Crippen LogP contribution in [0.2, 0.25) is 0 Å². The minimum Gasteiger partial charge on any atom is -0.491 e. The second-order valence-corrected chi connectivity index (χ2v) is 8.14. The average Bonchev–Trinajstić information content (AvgIpc) is 3.24. The average molecular weight is 423 g/mol. The Hall–Kier alpha value is -3.22. The van der Waals surface area contributed by atoms with Gasteiger partial charge in [0.1, 0.15) is 11.6 Å². The molecule has 0 spiro atoms. The van der Waals surface area contributed by atoms with Crippen LogP contribution in [0.5, 0.6) is 5.75 Å². The Balaban J connectivity index is 1.41. The van der Waals surface area contributed by atoms with Crippen LogP contribution in [0.15, 0.2) is 53.1 Å². The maximum absolute atomic E-state index is 13.5. The first-order valence-electron chi connectivity index (χ1n) is 10.6. The molecule has 0 N–H and O–H groups in total. The van der Waals surface area contributed by atoms with Gasteiger partial charge >= 0.3 is 0 Å². The third kappa shape index (κ3) is 5.29. The number of nitrogens with zero attached hydrogens (tertiary/aromatic N) is 3. The number of rotatable bonds is 6. The maximum Gasteiger partial charge on any atom is 0.231 e. The fourth-order valence-electron chi connectivity index (χ4n) is 3.84. The zero-order chi connectivity index (χ0) is 21.8. The van der Waals surface area contributed by atoms with Gasteiger partial charge in [-0.2, -0.15) is 4.98 Å². The van der Waals surface area contributed by atoms with Gasteiger partial charge in [0, 0.05) is 18.7 Å². The number of carbonyl (C=O) groups excluding carboxylic acids is 1. The number of hydrogen-bond acceptors (Lipinski definition) is 5. The Morgan fingerprint density at radius 2 is 2.10 bits per heavy atom. The normalized spacial score (nSPS) is 16.5. The molecule has 1 unspecified atom stereocenters. The number of likely N-dealkylation sites (tertiary alicyclic amines) is 1. The van der Waals surface area contributed by atoms with Gasteiger partial charge < -0.3 is 14.2 Å². The van der Waals surface area contributed by atoms with Crippen molar-refractivity contribution >= 4 is 5.91 Å². The van der Waals surface area contributed by atoms with Crippen molar-refractivity contribution in [2.45, 2.75) is 45.1 Å². The first kappa shape index (κ1) is 21.0. The van der Waals surface area contributed by atoms with Crippen molar-refractivity contribution in [3.8, 4) is 17.1 Å². The van der Waals surface area contributed by atoms with Crippen molar-refractivity contribution in [1.29, 1.82) is 0 Å². The number of hydrogen-bond donors (Lipinski definition) is 0. The molecule has 2 aromatic carbocycles. The Labute approximate surface area is 181 Å². The van der Waals surface area contributed by atoms with Crippen LogP contribution in [-0.2, 0) is 11.2 Å². The molecule has 6 nitrogen and oxygen atoms in total. The molecule has 1 fully saturated rings. The van der Waals surface area contributed by atoms with Crippen LogP contribution in [0.4, 0.5) is 4.39 Å². The number of halogens is 1. The summed E-state index contributed by atoms with van der Waals surface area (Å²) in [6.45, 7) is 5.19. The SMILES string of the molecule is CC(C)Oc1cccc(CC(=O)N2CCCC(c3nc(-c4cccc(F)c4)no3)C2)c1. The smallest absolute Gasteiger partial charge is 0.231 e. The number of piperidine rings is 1. The van der Waals surface area contributed by atoms with Gasteiger partial charge in [0.15, 0.2) is 0 Å². The first-order valence-corrected chi connectivity index (χ1v) is 10.6. The van der Waals surface area contributed by atoms with E-state index in [9.17, 15) is 9.18 Å². The Morgan fingerprint density at radius 1 is 1.26 bits per heavy atom. The Bertz CT molecular complexity index is 1050. The minimum absolute atomic E-state index is 0.0249. The zero-order valence-corrected chi connectivity index (χ0v) is 17.8. The molecular weight excluding hydrogens is 397 g/mol. The van der Waals surface area contributed by atoms with Crippen LogP contribution >= 0.6 is 0 Å². The molecule has 162 valence electrons. The van der Waals surface area contributed by atoms with Gasteiger partial charge in [-0.25, -0.2) is 4.39 Å². The summed E-state index contributed by atoms with van der Waals surface area (Å²) in [5, 5.41) is 4.00. The van der Waals surface area contributed by atoms with Crippen molar-refractivity contribution in [3.63, 3.8) is 0 Å². The van der Waals surface area contributed by atoms with E-state index in [-0.39, 0.29) is 23.7 Å². The Morgan fingerprint density at radius 3 is 2.90 bits per heavy atom. The van der Waals surface area contributed by atoms with Gasteiger partial charge in [-0.05, 0) is 56.5 Å². The molecule has 1 amide bonds. The summed E-state index contributed by atoms with van der Waals surface area (Å²) < 4.78 is 24.7. The van der Waals surface area contributed by atoms with E-state index in [1.807, 2.05) is 43.0 Å². The van der Waals surface area contributed by atoms with E-state index in [1.165, 1.54) is 12.1 Å². The zero-order valence-electron chi connectivity index (χ0n) is 17.8. The second-order valence-electron chi connectivity index (χ2n) is 8.14. The molecule has 1 atom stereocenters. The van der Waals surface area contributed by atoms with Gasteiger partial charge in [0.05, 0.1) is 18.4 Å². The highest BCUT2D eigenvalue weighted by Crippen LogP contribution is 2.28. The van der Waals surface area contributed by atoms with E-state index in [0.717, 1.165) is 24.2 Å². The highest BCUT2D eigenvalue weighted by molar-refractivity contribution is 5.79. The topological polar surface area (TPSA) is 68.5 Å². The minimum atomic E-state index is -0.346. The largest absolute Gasteiger partial charge is 0.491 e. The Kier molecular flexibility index (Phi) is 6.30. The van der Waals surface area contributed by atoms with Gasteiger partial charge in [-0.1, -0.05) is 29.4 Å². The predicted octanol–water partition coefficient (Wildman–Crippen LogP) is 4.61. The molecule has 1 saturated heterocycles. The lowest BCUT2D eigenvalue weighted by Gasteiger charge is -2.31. The van der Waals surface area contributed by atoms with Gasteiger partial charge in [0.2, 0.25) is 17.6 Å². The van der Waals surface area contributed by atoms with Crippen LogP contribution < -0.4 is 4.74 Å². The van der Waals surface area contributed by atoms with Crippen molar-refractivity contribution in [2.24, 2.45) is 0 Å². The summed E-state index contributed by atoms with van der Waals surface area (Å²) in [6, 6.07) is 13.8. The molecule has 2 heterocycles. The molecule has 1 aliphatic heterocycles. The van der Waals surface area contributed by atoms with E-state index in [1.54, 1.807) is 12.1 Å². The van der Waals surface area contributed by atoms with E-state index in [2.05, 4.69) is 10.1 Å². The van der Waals surface area contributed by atoms with Crippen molar-refractivity contribution < 1.29 is 18.4 Å². The predicted molar refractivity (Wildman–Crippen MR) is 114 cm³/mol. The molecule has 1 aromatic heterocycles. The van der Waals surface area contributed by atoms with E-state index >= 15 is 0 Å². The third-order valence-corrected chi connectivity index (χ3v) is 5.27. The van der Waals surface area contributed by atoms with Gasteiger partial charge in [0.25, 0.3) is 0 Å². The molecule has 0 aliphatic carbocycles. The molecule has 4 rings (SSSR count). The fraction of sp³-hybridized carbons (Fsp3) is 0.375. The van der Waals surface area contributed by atoms with Crippen molar-refractivity contribution in [1.82, 2.24) is 15.0 Å². The van der Waals surface area contributed by atoms with E-state index in [0.29, 0.717) is 36.8 Å². The lowest BCUT2D eigenvalue weighted by atomic mass is 9.97. The fourth-order valence-corrected chi connectivity index (χ4v) is 3.84. The molecule has 0 radical (unpaired) electrons. The molecule has 3 aromatic rings. The quantitative estimate of drug-likeness (QED) is 0.579. The lowest BCUT2D eigenvalue weighted by Crippen LogP contribution is -2.40. The molecular formula is C24H26FN3O3. The highest BCUT2D eigenvalue weighted by atomic mass is 19.1. The maximum atomic E-state index is 13.5. The number of aromatic nitrogens is 2. The molecule has 1 aliphatic rings. The standard InChI is InChI=1S/C24H26FN3O3/c1-16(2)30-21-10-3-6-17(12-21)13-22(29)28-11-5-8-19(15-28)24-26-23(27-31-24)18-7-4-9-20(25)14-18/h3-4,6-7,9-10,12,14,16,19H,5,8,11,13,15H2,1-2H3. The molecule has 7 heteroatoms. The van der Waals surface area contributed by atoms with E-state index in [4.69, 9.17) is 9.26 Å². The van der Waals surface area contributed by atoms with E-state index < -0.39 is 0 Å². The van der Waals surface area contributed by atoms with Gasteiger partial charge in [-0.15, -0.1) is 0 Å². The van der Waals surface area contributed by atoms with Crippen LogP contribution in [0.3, 0.4) is 0 Å². The molecule has 0 bridgehead atoms. The van der Waals surface area contributed by atoms with Crippen LogP contribution in [0.25, 0.3) is 11.4 Å². The lowest BCUT2D eigenvalue weighted by molar-refractivity contribution is -0.131. The van der Waals surface area contributed by atoms with Gasteiger partial charge in [-0.3, -0.25) is 4.79 Å². The number of ether oxygens (including phenoxy) is 1. The molecule has 31 heavy (non-hydrogen) atoms. The van der Waals surface area contributed by atoms with Crippen LogP contribution in [0.1, 0.15) is 44.1 Å². The molecule has 0 saturated carbocycles. The second kappa shape index (κ2) is 9.29. The van der Waals surface area contributed by atoms with Crippen molar-refractivity contribution in [2.75, 3.05) is 13.1 Å². The summed E-state index contributed by atoms with van der Waals surface area (Å²) in [4.78, 5) is 19.2. The summed E-state index contributed by atoms with van der Waals surface area (Å²) in [5.41, 5.74) is 1.50. The monoisotopic (exact) mass is 423 g/mol. The number of benzene rings is 2. The summed E-state index contributed by atoms with van der Waals surface area (Å²) >= 11 is 0. The van der Waals surface area contributed by atoms with Crippen LogP contribution in [0, 0.1) is 5.82 Å². The van der Waals surface area contributed by atoms with Crippen LogP contribution in [-0.4, -0.2) is 40.1 Å².